The van der Waals surface area contributed by atoms with E-state index in [1.807, 2.05) is 25.8 Å². The molecule has 1 aromatic heterocycles. The van der Waals surface area contributed by atoms with Crippen LogP contribution in [0.25, 0.3) is 0 Å². The van der Waals surface area contributed by atoms with Crippen LogP contribution in [0.3, 0.4) is 0 Å². The fraction of sp³-hybridized carbons (Fsp3) is 0.500. The van der Waals surface area contributed by atoms with Gasteiger partial charge in [0, 0.05) is 45.6 Å². The second kappa shape index (κ2) is 10.5. The van der Waals surface area contributed by atoms with Crippen molar-refractivity contribution in [1.82, 2.24) is 19.8 Å². The summed E-state index contributed by atoms with van der Waals surface area (Å²) in [5.74, 6) is 2.31. The summed E-state index contributed by atoms with van der Waals surface area (Å²) >= 11 is 0. The number of rotatable bonds is 5. The molecule has 2 atom stereocenters. The van der Waals surface area contributed by atoms with Crippen molar-refractivity contribution in [2.45, 2.75) is 32.2 Å². The highest BCUT2D eigenvalue weighted by Gasteiger charge is 2.28. The molecule has 1 aliphatic heterocycles. The number of piperidine rings is 1. The van der Waals surface area contributed by atoms with Gasteiger partial charge in [0.25, 0.3) is 0 Å². The first kappa shape index (κ1) is 20.7. The van der Waals surface area contributed by atoms with E-state index in [0.29, 0.717) is 11.8 Å². The van der Waals surface area contributed by atoms with E-state index < -0.39 is 0 Å². The van der Waals surface area contributed by atoms with E-state index in [1.54, 1.807) is 0 Å². The normalized spacial score (nSPS) is 20.5. The van der Waals surface area contributed by atoms with Crippen molar-refractivity contribution < 1.29 is 0 Å². The lowest BCUT2D eigenvalue weighted by atomic mass is 9.82. The molecule has 2 unspecified atom stereocenters. The van der Waals surface area contributed by atoms with Crippen LogP contribution in [0.4, 0.5) is 0 Å². The van der Waals surface area contributed by atoms with Crippen LogP contribution in [0.1, 0.15) is 31.2 Å². The van der Waals surface area contributed by atoms with Crippen LogP contribution in [0.5, 0.6) is 0 Å². The molecule has 1 saturated heterocycles. The fourth-order valence-electron chi connectivity index (χ4n) is 3.75. The highest BCUT2D eigenvalue weighted by molar-refractivity contribution is 14.0. The van der Waals surface area contributed by atoms with Crippen LogP contribution in [0.15, 0.2) is 54.0 Å². The number of imidazole rings is 1. The average molecular weight is 467 g/mol. The Balaban J connectivity index is 0.00000243. The predicted octanol–water partition coefficient (Wildman–Crippen LogP) is 3.59. The Hall–Kier alpha value is -1.57. The van der Waals surface area contributed by atoms with E-state index in [9.17, 15) is 0 Å². The van der Waals surface area contributed by atoms with Gasteiger partial charge in [0.15, 0.2) is 5.96 Å². The predicted molar refractivity (Wildman–Crippen MR) is 118 cm³/mol. The Morgan fingerprint density at radius 1 is 1.31 bits per heavy atom. The largest absolute Gasteiger partial charge is 0.356 e. The van der Waals surface area contributed by atoms with Crippen molar-refractivity contribution in [3.8, 4) is 0 Å². The average Bonchev–Trinajstić information content (AvgIpc) is 3.16. The van der Waals surface area contributed by atoms with Gasteiger partial charge < -0.3 is 14.8 Å². The SMILES string of the molecule is CN=C(NCCCn1ccnc1)N1CCC(c2ccccc2)C(C)C1.I. The van der Waals surface area contributed by atoms with E-state index in [1.165, 1.54) is 12.0 Å². The lowest BCUT2D eigenvalue weighted by Crippen LogP contribution is -2.48. The molecule has 26 heavy (non-hydrogen) atoms. The van der Waals surface area contributed by atoms with E-state index in [2.05, 4.69) is 62.0 Å². The molecule has 1 aromatic carbocycles. The van der Waals surface area contributed by atoms with Crippen molar-refractivity contribution in [3.63, 3.8) is 0 Å². The summed E-state index contributed by atoms with van der Waals surface area (Å²) in [6.45, 7) is 6.39. The van der Waals surface area contributed by atoms with Crippen LogP contribution in [-0.2, 0) is 6.54 Å². The number of hydrogen-bond acceptors (Lipinski definition) is 2. The molecular formula is C20H30IN5. The Labute approximate surface area is 173 Å². The van der Waals surface area contributed by atoms with Crippen LogP contribution in [-0.4, -0.2) is 47.1 Å². The van der Waals surface area contributed by atoms with Gasteiger partial charge in [-0.15, -0.1) is 24.0 Å². The van der Waals surface area contributed by atoms with Gasteiger partial charge in [-0.2, -0.15) is 0 Å². The number of likely N-dealkylation sites (tertiary alicyclic amines) is 1. The van der Waals surface area contributed by atoms with Crippen molar-refractivity contribution in [1.29, 1.82) is 0 Å². The van der Waals surface area contributed by atoms with Crippen molar-refractivity contribution in [2.24, 2.45) is 10.9 Å². The molecule has 3 rings (SSSR count). The van der Waals surface area contributed by atoms with Crippen LogP contribution in [0.2, 0.25) is 0 Å². The molecule has 0 saturated carbocycles. The number of benzene rings is 1. The lowest BCUT2D eigenvalue weighted by Gasteiger charge is -2.39. The van der Waals surface area contributed by atoms with E-state index >= 15 is 0 Å². The molecule has 1 aliphatic rings. The van der Waals surface area contributed by atoms with Gasteiger partial charge in [0.05, 0.1) is 6.33 Å². The van der Waals surface area contributed by atoms with Gasteiger partial charge in [-0.05, 0) is 30.2 Å². The van der Waals surface area contributed by atoms with Gasteiger partial charge in [0.2, 0.25) is 0 Å². The molecule has 0 aliphatic carbocycles. The lowest BCUT2D eigenvalue weighted by molar-refractivity contribution is 0.234. The van der Waals surface area contributed by atoms with Crippen LogP contribution in [0, 0.1) is 5.92 Å². The highest BCUT2D eigenvalue weighted by atomic mass is 127. The quantitative estimate of drug-likeness (QED) is 0.317. The molecule has 0 bridgehead atoms. The van der Waals surface area contributed by atoms with Gasteiger partial charge >= 0.3 is 0 Å². The molecule has 6 heteroatoms. The number of aryl methyl sites for hydroxylation is 1. The molecule has 0 radical (unpaired) electrons. The Morgan fingerprint density at radius 3 is 2.77 bits per heavy atom. The molecule has 1 fully saturated rings. The van der Waals surface area contributed by atoms with Gasteiger partial charge in [0.1, 0.15) is 0 Å². The zero-order chi connectivity index (χ0) is 17.5. The maximum atomic E-state index is 4.49. The topological polar surface area (TPSA) is 45.5 Å². The Morgan fingerprint density at radius 2 is 2.12 bits per heavy atom. The third-order valence-corrected chi connectivity index (χ3v) is 5.08. The van der Waals surface area contributed by atoms with Crippen LogP contribution < -0.4 is 5.32 Å². The zero-order valence-corrected chi connectivity index (χ0v) is 18.0. The summed E-state index contributed by atoms with van der Waals surface area (Å²) in [7, 11) is 1.88. The van der Waals surface area contributed by atoms with Gasteiger partial charge in [-0.1, -0.05) is 37.3 Å². The molecule has 1 N–H and O–H groups in total. The molecule has 0 amide bonds. The number of aromatic nitrogens is 2. The number of nitrogens with one attached hydrogen (secondary N) is 1. The van der Waals surface area contributed by atoms with E-state index in [-0.39, 0.29) is 24.0 Å². The number of halogens is 1. The summed E-state index contributed by atoms with van der Waals surface area (Å²) in [5.41, 5.74) is 1.47. The van der Waals surface area contributed by atoms with Crippen molar-refractivity contribution >= 4 is 29.9 Å². The first-order valence-corrected chi connectivity index (χ1v) is 9.24. The van der Waals surface area contributed by atoms with Gasteiger partial charge in [-0.25, -0.2) is 4.98 Å². The standard InChI is InChI=1S/C20H29N5.HI/c1-17-15-25(13-9-19(17)18-7-4-3-5-8-18)20(21-2)23-10-6-12-24-14-11-22-16-24;/h3-5,7-8,11,14,16-17,19H,6,9-10,12-13,15H2,1-2H3,(H,21,23);1H. The molecule has 2 aromatic rings. The van der Waals surface area contributed by atoms with Gasteiger partial charge in [-0.3, -0.25) is 4.99 Å². The summed E-state index contributed by atoms with van der Waals surface area (Å²) in [5, 5.41) is 3.52. The zero-order valence-electron chi connectivity index (χ0n) is 15.7. The minimum absolute atomic E-state index is 0. The first-order chi connectivity index (χ1) is 12.3. The highest BCUT2D eigenvalue weighted by Crippen LogP contribution is 2.32. The van der Waals surface area contributed by atoms with Crippen molar-refractivity contribution in [3.05, 3.63) is 54.6 Å². The summed E-state index contributed by atoms with van der Waals surface area (Å²) in [6, 6.07) is 10.9. The molecule has 2 heterocycles. The second-order valence-corrected chi connectivity index (χ2v) is 6.86. The van der Waals surface area contributed by atoms with E-state index in [4.69, 9.17) is 0 Å². The Bertz CT molecular complexity index is 656. The van der Waals surface area contributed by atoms with E-state index in [0.717, 1.165) is 38.6 Å². The number of guanidine groups is 1. The summed E-state index contributed by atoms with van der Waals surface area (Å²) in [6.07, 6.45) is 7.94. The third-order valence-electron chi connectivity index (χ3n) is 5.08. The molecule has 142 valence electrons. The summed E-state index contributed by atoms with van der Waals surface area (Å²) < 4.78 is 2.11. The number of nitrogens with zero attached hydrogens (tertiary/aromatic N) is 4. The number of aliphatic imine (C=N–C) groups is 1. The fourth-order valence-corrected chi connectivity index (χ4v) is 3.75. The minimum Gasteiger partial charge on any atom is -0.356 e. The first-order valence-electron chi connectivity index (χ1n) is 9.24. The second-order valence-electron chi connectivity index (χ2n) is 6.86. The van der Waals surface area contributed by atoms with Crippen molar-refractivity contribution in [2.75, 3.05) is 26.7 Å². The van der Waals surface area contributed by atoms with Crippen LogP contribution >= 0.6 is 24.0 Å². The molecule has 0 spiro atoms. The smallest absolute Gasteiger partial charge is 0.193 e. The minimum atomic E-state index is 0. The maximum Gasteiger partial charge on any atom is 0.193 e. The molecule has 5 nitrogen and oxygen atoms in total. The Kier molecular flexibility index (Phi) is 8.41. The monoisotopic (exact) mass is 467 g/mol. The third kappa shape index (κ3) is 5.46. The summed E-state index contributed by atoms with van der Waals surface area (Å²) in [4.78, 5) is 11.0. The molecular weight excluding hydrogens is 437 g/mol. The maximum absolute atomic E-state index is 4.49. The number of hydrogen-bond donors (Lipinski definition) is 1.